The van der Waals surface area contributed by atoms with E-state index in [2.05, 4.69) is 12.2 Å². The van der Waals surface area contributed by atoms with Crippen molar-refractivity contribution in [3.63, 3.8) is 0 Å². The molecule has 1 saturated carbocycles. The standard InChI is InChI=1S/C11H19NO2/c1-11(4-6-14-7-5-11)8-12-10(13)9-2-3-9/h9H,2-8H2,1H3,(H,12,13). The van der Waals surface area contributed by atoms with Crippen molar-refractivity contribution in [1.29, 1.82) is 0 Å². The van der Waals surface area contributed by atoms with Crippen molar-refractivity contribution in [3.05, 3.63) is 0 Å². The van der Waals surface area contributed by atoms with Crippen LogP contribution in [-0.2, 0) is 9.53 Å². The summed E-state index contributed by atoms with van der Waals surface area (Å²) in [5.41, 5.74) is 0.267. The highest BCUT2D eigenvalue weighted by molar-refractivity contribution is 5.80. The van der Waals surface area contributed by atoms with Crippen molar-refractivity contribution >= 4 is 5.91 Å². The Balaban J connectivity index is 1.74. The molecular formula is C11H19NO2. The maximum absolute atomic E-state index is 11.4. The summed E-state index contributed by atoms with van der Waals surface area (Å²) in [6.07, 6.45) is 4.31. The summed E-state index contributed by atoms with van der Waals surface area (Å²) in [5, 5.41) is 3.06. The summed E-state index contributed by atoms with van der Waals surface area (Å²) >= 11 is 0. The Labute approximate surface area is 85.2 Å². The van der Waals surface area contributed by atoms with E-state index in [9.17, 15) is 4.79 Å². The fourth-order valence-corrected chi connectivity index (χ4v) is 1.83. The number of carbonyl (C=O) groups is 1. The van der Waals surface area contributed by atoms with Crippen LogP contribution in [-0.4, -0.2) is 25.7 Å². The summed E-state index contributed by atoms with van der Waals surface area (Å²) in [4.78, 5) is 11.4. The Bertz CT molecular complexity index is 217. The molecule has 0 aromatic carbocycles. The molecule has 3 nitrogen and oxygen atoms in total. The molecule has 14 heavy (non-hydrogen) atoms. The van der Waals surface area contributed by atoms with E-state index < -0.39 is 0 Å². The Morgan fingerprint density at radius 3 is 2.64 bits per heavy atom. The van der Waals surface area contributed by atoms with Gasteiger partial charge in [-0.15, -0.1) is 0 Å². The second-order valence-electron chi connectivity index (χ2n) is 4.92. The molecule has 1 heterocycles. The first kappa shape index (κ1) is 9.97. The highest BCUT2D eigenvalue weighted by atomic mass is 16.5. The van der Waals surface area contributed by atoms with Gasteiger partial charge in [0.2, 0.25) is 5.91 Å². The third-order valence-corrected chi connectivity index (χ3v) is 3.34. The predicted molar refractivity (Wildman–Crippen MR) is 53.9 cm³/mol. The minimum Gasteiger partial charge on any atom is -0.381 e. The molecule has 2 fully saturated rings. The lowest BCUT2D eigenvalue weighted by Gasteiger charge is -2.33. The first-order valence-corrected chi connectivity index (χ1v) is 5.55. The van der Waals surface area contributed by atoms with Crippen LogP contribution < -0.4 is 5.32 Å². The van der Waals surface area contributed by atoms with Gasteiger partial charge in [0.15, 0.2) is 0 Å². The van der Waals surface area contributed by atoms with Gasteiger partial charge < -0.3 is 10.1 Å². The van der Waals surface area contributed by atoms with Gasteiger partial charge in [-0.3, -0.25) is 4.79 Å². The van der Waals surface area contributed by atoms with Crippen LogP contribution in [0.1, 0.15) is 32.6 Å². The summed E-state index contributed by atoms with van der Waals surface area (Å²) in [6, 6.07) is 0. The fraction of sp³-hybridized carbons (Fsp3) is 0.909. The summed E-state index contributed by atoms with van der Waals surface area (Å²) < 4.78 is 5.32. The largest absolute Gasteiger partial charge is 0.381 e. The van der Waals surface area contributed by atoms with Gasteiger partial charge in [-0.1, -0.05) is 6.92 Å². The van der Waals surface area contributed by atoms with E-state index in [-0.39, 0.29) is 11.3 Å². The molecule has 1 saturated heterocycles. The Hall–Kier alpha value is -0.570. The smallest absolute Gasteiger partial charge is 0.223 e. The highest BCUT2D eigenvalue weighted by Gasteiger charge is 2.32. The molecule has 2 rings (SSSR count). The van der Waals surface area contributed by atoms with Crippen molar-refractivity contribution in [2.75, 3.05) is 19.8 Å². The molecule has 3 heteroatoms. The molecule has 80 valence electrons. The molecule has 0 aromatic heterocycles. The number of carbonyl (C=O) groups excluding carboxylic acids is 1. The zero-order valence-electron chi connectivity index (χ0n) is 8.84. The average Bonchev–Trinajstić information content (AvgIpc) is 2.99. The van der Waals surface area contributed by atoms with Crippen LogP contribution >= 0.6 is 0 Å². The second-order valence-corrected chi connectivity index (χ2v) is 4.92. The third kappa shape index (κ3) is 2.47. The molecule has 0 radical (unpaired) electrons. The Morgan fingerprint density at radius 1 is 1.43 bits per heavy atom. The zero-order valence-corrected chi connectivity index (χ0v) is 8.84. The average molecular weight is 197 g/mol. The number of hydrogen-bond donors (Lipinski definition) is 1. The fourth-order valence-electron chi connectivity index (χ4n) is 1.83. The minimum absolute atomic E-state index is 0.262. The van der Waals surface area contributed by atoms with Crippen molar-refractivity contribution < 1.29 is 9.53 Å². The van der Waals surface area contributed by atoms with Gasteiger partial charge in [-0.05, 0) is 31.1 Å². The molecule has 0 aromatic rings. The lowest BCUT2D eigenvalue weighted by atomic mass is 9.82. The van der Waals surface area contributed by atoms with Crippen LogP contribution in [0, 0.1) is 11.3 Å². The normalized spacial score (nSPS) is 25.8. The number of rotatable bonds is 3. The number of hydrogen-bond acceptors (Lipinski definition) is 2. The maximum atomic E-state index is 11.4. The number of ether oxygens (including phenoxy) is 1. The molecule has 1 amide bonds. The predicted octanol–water partition coefficient (Wildman–Crippen LogP) is 1.33. The third-order valence-electron chi connectivity index (χ3n) is 3.34. The first-order valence-electron chi connectivity index (χ1n) is 5.55. The summed E-state index contributed by atoms with van der Waals surface area (Å²) in [7, 11) is 0. The van der Waals surface area contributed by atoms with E-state index in [4.69, 9.17) is 4.74 Å². The van der Waals surface area contributed by atoms with Gasteiger partial charge in [-0.25, -0.2) is 0 Å². The van der Waals surface area contributed by atoms with Crippen LogP contribution in [0.25, 0.3) is 0 Å². The molecule has 0 bridgehead atoms. The van der Waals surface area contributed by atoms with Gasteiger partial charge in [0.1, 0.15) is 0 Å². The highest BCUT2D eigenvalue weighted by Crippen LogP contribution is 2.31. The lowest BCUT2D eigenvalue weighted by Crippen LogP contribution is -2.39. The molecule has 0 unspecified atom stereocenters. The monoisotopic (exact) mass is 197 g/mol. The van der Waals surface area contributed by atoms with Crippen LogP contribution in [0.5, 0.6) is 0 Å². The van der Waals surface area contributed by atoms with Gasteiger partial charge >= 0.3 is 0 Å². The molecule has 0 atom stereocenters. The minimum atomic E-state index is 0.262. The van der Waals surface area contributed by atoms with E-state index >= 15 is 0 Å². The van der Waals surface area contributed by atoms with Gasteiger partial charge in [0, 0.05) is 25.7 Å². The molecule has 1 aliphatic heterocycles. The van der Waals surface area contributed by atoms with Gasteiger partial charge in [0.05, 0.1) is 0 Å². The quantitative estimate of drug-likeness (QED) is 0.741. The van der Waals surface area contributed by atoms with Gasteiger partial charge in [0.25, 0.3) is 0 Å². The molecular weight excluding hydrogens is 178 g/mol. The number of amides is 1. The topological polar surface area (TPSA) is 38.3 Å². The second kappa shape index (κ2) is 3.89. The first-order chi connectivity index (χ1) is 6.70. The molecule has 0 spiro atoms. The molecule has 1 aliphatic carbocycles. The van der Waals surface area contributed by atoms with Crippen molar-refractivity contribution in [2.24, 2.45) is 11.3 Å². The van der Waals surface area contributed by atoms with E-state index in [1.807, 2.05) is 0 Å². The molecule has 1 N–H and O–H groups in total. The van der Waals surface area contributed by atoms with E-state index in [1.165, 1.54) is 0 Å². The SMILES string of the molecule is CC1(CNC(=O)C2CC2)CCOCC1. The van der Waals surface area contributed by atoms with E-state index in [0.29, 0.717) is 5.92 Å². The van der Waals surface area contributed by atoms with Gasteiger partial charge in [-0.2, -0.15) is 0 Å². The Kier molecular flexibility index (Phi) is 2.77. The van der Waals surface area contributed by atoms with Crippen molar-refractivity contribution in [3.8, 4) is 0 Å². The number of nitrogens with one attached hydrogen (secondary N) is 1. The van der Waals surface area contributed by atoms with E-state index in [1.54, 1.807) is 0 Å². The Morgan fingerprint density at radius 2 is 2.07 bits per heavy atom. The van der Waals surface area contributed by atoms with Crippen LogP contribution in [0.3, 0.4) is 0 Å². The van der Waals surface area contributed by atoms with Crippen molar-refractivity contribution in [1.82, 2.24) is 5.32 Å². The van der Waals surface area contributed by atoms with E-state index in [0.717, 1.165) is 45.4 Å². The molecule has 2 aliphatic rings. The van der Waals surface area contributed by atoms with Crippen LogP contribution in [0.4, 0.5) is 0 Å². The lowest BCUT2D eigenvalue weighted by molar-refractivity contribution is -0.123. The summed E-state index contributed by atoms with van der Waals surface area (Å²) in [5.74, 6) is 0.594. The van der Waals surface area contributed by atoms with Crippen LogP contribution in [0.2, 0.25) is 0 Å². The van der Waals surface area contributed by atoms with Crippen molar-refractivity contribution in [2.45, 2.75) is 32.6 Å². The zero-order chi connectivity index (χ0) is 10.0. The van der Waals surface area contributed by atoms with Crippen LogP contribution in [0.15, 0.2) is 0 Å². The summed E-state index contributed by atoms with van der Waals surface area (Å²) in [6.45, 7) is 4.75. The maximum Gasteiger partial charge on any atom is 0.223 e.